The number of benzene rings is 2. The first kappa shape index (κ1) is 17.6. The van der Waals surface area contributed by atoms with E-state index in [-0.39, 0.29) is 37.0 Å². The van der Waals surface area contributed by atoms with E-state index in [1.807, 2.05) is 13.0 Å². The van der Waals surface area contributed by atoms with Crippen molar-refractivity contribution in [3.63, 3.8) is 0 Å². The number of nitrogens with zero attached hydrogens (tertiary/aromatic N) is 2. The summed E-state index contributed by atoms with van der Waals surface area (Å²) in [5.74, 6) is -0.134. The summed E-state index contributed by atoms with van der Waals surface area (Å²) < 4.78 is 19.5. The van der Waals surface area contributed by atoms with E-state index in [0.29, 0.717) is 16.7 Å². The molecular formula is C19H18FN3O3. The molecule has 0 radical (unpaired) electrons. The molecule has 1 heterocycles. The van der Waals surface area contributed by atoms with E-state index in [9.17, 15) is 14.0 Å². The average Bonchev–Trinajstić information content (AvgIpc) is 2.63. The smallest absolute Gasteiger partial charge is 0.261 e. The van der Waals surface area contributed by atoms with Crippen molar-refractivity contribution in [2.75, 3.05) is 13.2 Å². The van der Waals surface area contributed by atoms with E-state index in [2.05, 4.69) is 10.3 Å². The molecule has 0 aliphatic heterocycles. The lowest BCUT2D eigenvalue weighted by Gasteiger charge is -2.09. The summed E-state index contributed by atoms with van der Waals surface area (Å²) in [5, 5.41) is 3.16. The van der Waals surface area contributed by atoms with Gasteiger partial charge in [0, 0.05) is 0 Å². The van der Waals surface area contributed by atoms with Crippen LogP contribution in [0.4, 0.5) is 4.39 Å². The fourth-order valence-corrected chi connectivity index (χ4v) is 2.55. The van der Waals surface area contributed by atoms with Crippen molar-refractivity contribution in [2.24, 2.45) is 0 Å². The quantitative estimate of drug-likeness (QED) is 0.687. The molecule has 0 atom stereocenters. The Morgan fingerprint density at radius 3 is 2.77 bits per heavy atom. The second-order valence-electron chi connectivity index (χ2n) is 5.80. The molecule has 1 amide bonds. The Morgan fingerprint density at radius 2 is 2.00 bits per heavy atom. The van der Waals surface area contributed by atoms with Crippen LogP contribution in [0.3, 0.4) is 0 Å². The SMILES string of the molecule is Cc1cccc2c(=O)n(CC(=O)NCCOc3ccc(F)cc3)cnc12. The van der Waals surface area contributed by atoms with Crippen LogP contribution in [0, 0.1) is 12.7 Å². The summed E-state index contributed by atoms with van der Waals surface area (Å²) in [5.41, 5.74) is 1.30. The Labute approximate surface area is 149 Å². The largest absolute Gasteiger partial charge is 0.492 e. The van der Waals surface area contributed by atoms with Crippen LogP contribution >= 0.6 is 0 Å². The fraction of sp³-hybridized carbons (Fsp3) is 0.211. The van der Waals surface area contributed by atoms with Crippen LogP contribution in [-0.2, 0) is 11.3 Å². The number of ether oxygens (including phenoxy) is 1. The molecule has 0 aliphatic rings. The lowest BCUT2D eigenvalue weighted by Crippen LogP contribution is -2.34. The number of hydrogen-bond donors (Lipinski definition) is 1. The highest BCUT2D eigenvalue weighted by Crippen LogP contribution is 2.11. The minimum atomic E-state index is -0.338. The third-order valence-corrected chi connectivity index (χ3v) is 3.88. The number of carbonyl (C=O) groups excluding carboxylic acids is 1. The van der Waals surface area contributed by atoms with Crippen molar-refractivity contribution in [2.45, 2.75) is 13.5 Å². The number of carbonyl (C=O) groups is 1. The number of halogens is 1. The van der Waals surface area contributed by atoms with Crippen LogP contribution in [0.5, 0.6) is 5.75 Å². The first-order valence-electron chi connectivity index (χ1n) is 8.14. The average molecular weight is 355 g/mol. The maximum Gasteiger partial charge on any atom is 0.261 e. The number of nitrogens with one attached hydrogen (secondary N) is 1. The molecule has 3 rings (SSSR count). The lowest BCUT2D eigenvalue weighted by atomic mass is 10.1. The predicted molar refractivity (Wildman–Crippen MR) is 95.6 cm³/mol. The first-order chi connectivity index (χ1) is 12.5. The Morgan fingerprint density at radius 1 is 1.23 bits per heavy atom. The molecule has 3 aromatic rings. The van der Waals surface area contributed by atoms with Crippen molar-refractivity contribution in [1.82, 2.24) is 14.9 Å². The molecule has 1 N–H and O–H groups in total. The summed E-state index contributed by atoms with van der Waals surface area (Å²) in [4.78, 5) is 28.7. The molecule has 2 aromatic carbocycles. The minimum Gasteiger partial charge on any atom is -0.492 e. The maximum absolute atomic E-state index is 12.8. The molecule has 0 fully saturated rings. The molecule has 0 aliphatic carbocycles. The Kier molecular flexibility index (Phi) is 5.26. The molecule has 0 saturated heterocycles. The summed E-state index contributed by atoms with van der Waals surface area (Å²) in [7, 11) is 0. The van der Waals surface area contributed by atoms with Crippen molar-refractivity contribution in [3.05, 3.63) is 70.5 Å². The summed E-state index contributed by atoms with van der Waals surface area (Å²) in [6, 6.07) is 11.0. The van der Waals surface area contributed by atoms with E-state index >= 15 is 0 Å². The van der Waals surface area contributed by atoms with Gasteiger partial charge in [0.25, 0.3) is 5.56 Å². The highest BCUT2D eigenvalue weighted by Gasteiger charge is 2.09. The van der Waals surface area contributed by atoms with Gasteiger partial charge in [0.15, 0.2) is 0 Å². The van der Waals surface area contributed by atoms with Gasteiger partial charge in [-0.15, -0.1) is 0 Å². The van der Waals surface area contributed by atoms with Gasteiger partial charge in [-0.25, -0.2) is 9.37 Å². The van der Waals surface area contributed by atoms with Gasteiger partial charge < -0.3 is 10.1 Å². The minimum absolute atomic E-state index is 0.119. The van der Waals surface area contributed by atoms with Crippen LogP contribution in [0.25, 0.3) is 10.9 Å². The molecule has 134 valence electrons. The number of para-hydroxylation sites is 1. The number of aryl methyl sites for hydroxylation is 1. The van der Waals surface area contributed by atoms with Gasteiger partial charge in [-0.1, -0.05) is 12.1 Å². The Balaban J connectivity index is 1.55. The summed E-state index contributed by atoms with van der Waals surface area (Å²) in [6.07, 6.45) is 1.38. The van der Waals surface area contributed by atoms with Crippen LogP contribution in [0.1, 0.15) is 5.56 Å². The van der Waals surface area contributed by atoms with Crippen LogP contribution < -0.4 is 15.6 Å². The molecule has 0 spiro atoms. The molecular weight excluding hydrogens is 337 g/mol. The zero-order valence-electron chi connectivity index (χ0n) is 14.2. The van der Waals surface area contributed by atoms with Gasteiger partial charge in [0.05, 0.1) is 23.8 Å². The Hall–Kier alpha value is -3.22. The zero-order valence-corrected chi connectivity index (χ0v) is 14.2. The van der Waals surface area contributed by atoms with Gasteiger partial charge in [0.1, 0.15) is 24.7 Å². The van der Waals surface area contributed by atoms with Crippen molar-refractivity contribution in [1.29, 1.82) is 0 Å². The van der Waals surface area contributed by atoms with E-state index in [1.54, 1.807) is 12.1 Å². The Bertz CT molecular complexity index is 983. The molecule has 0 saturated carbocycles. The van der Waals surface area contributed by atoms with Crippen LogP contribution in [-0.4, -0.2) is 28.6 Å². The standard InChI is InChI=1S/C19H18FN3O3/c1-13-3-2-4-16-18(13)22-12-23(19(16)25)11-17(24)21-9-10-26-15-7-5-14(20)6-8-15/h2-8,12H,9-11H2,1H3,(H,21,24). The van der Waals surface area contributed by atoms with E-state index in [4.69, 9.17) is 4.74 Å². The maximum atomic E-state index is 12.8. The molecule has 6 nitrogen and oxygen atoms in total. The molecule has 0 unspecified atom stereocenters. The first-order valence-corrected chi connectivity index (χ1v) is 8.14. The van der Waals surface area contributed by atoms with Crippen LogP contribution in [0.15, 0.2) is 53.6 Å². The van der Waals surface area contributed by atoms with Gasteiger partial charge in [-0.3, -0.25) is 14.2 Å². The normalized spacial score (nSPS) is 10.7. The number of hydrogen-bond acceptors (Lipinski definition) is 4. The monoisotopic (exact) mass is 355 g/mol. The topological polar surface area (TPSA) is 73.2 Å². The fourth-order valence-electron chi connectivity index (χ4n) is 2.55. The zero-order chi connectivity index (χ0) is 18.5. The highest BCUT2D eigenvalue weighted by molar-refractivity contribution is 5.81. The number of aromatic nitrogens is 2. The van der Waals surface area contributed by atoms with Gasteiger partial charge in [-0.2, -0.15) is 0 Å². The molecule has 0 bridgehead atoms. The molecule has 1 aromatic heterocycles. The van der Waals surface area contributed by atoms with Crippen LogP contribution in [0.2, 0.25) is 0 Å². The van der Waals surface area contributed by atoms with Gasteiger partial charge in [0.2, 0.25) is 5.91 Å². The van der Waals surface area contributed by atoms with Crippen molar-refractivity contribution < 1.29 is 13.9 Å². The van der Waals surface area contributed by atoms with Crippen molar-refractivity contribution in [3.8, 4) is 5.75 Å². The second kappa shape index (κ2) is 7.77. The number of rotatable bonds is 6. The van der Waals surface area contributed by atoms with E-state index in [1.165, 1.54) is 35.2 Å². The van der Waals surface area contributed by atoms with E-state index in [0.717, 1.165) is 5.56 Å². The highest BCUT2D eigenvalue weighted by atomic mass is 19.1. The number of fused-ring (bicyclic) bond motifs is 1. The predicted octanol–water partition coefficient (Wildman–Crippen LogP) is 2.04. The third-order valence-electron chi connectivity index (χ3n) is 3.88. The second-order valence-corrected chi connectivity index (χ2v) is 5.80. The van der Waals surface area contributed by atoms with E-state index < -0.39 is 0 Å². The van der Waals surface area contributed by atoms with Gasteiger partial charge >= 0.3 is 0 Å². The molecule has 7 heteroatoms. The van der Waals surface area contributed by atoms with Crippen molar-refractivity contribution >= 4 is 16.8 Å². The lowest BCUT2D eigenvalue weighted by molar-refractivity contribution is -0.121. The summed E-state index contributed by atoms with van der Waals surface area (Å²) in [6.45, 7) is 2.27. The third kappa shape index (κ3) is 4.05. The van der Waals surface area contributed by atoms with Gasteiger partial charge in [-0.05, 0) is 42.8 Å². The number of amides is 1. The summed E-state index contributed by atoms with van der Waals surface area (Å²) >= 11 is 0. The molecule has 26 heavy (non-hydrogen) atoms.